The second-order valence-corrected chi connectivity index (χ2v) is 2.70. The zero-order chi connectivity index (χ0) is 9.40. The molecule has 0 fully saturated rings. The average Bonchev–Trinajstić information content (AvgIpc) is 2.02. The van der Waals surface area contributed by atoms with Crippen molar-refractivity contribution in [2.75, 3.05) is 6.54 Å². The van der Waals surface area contributed by atoms with E-state index >= 15 is 0 Å². The third-order valence-corrected chi connectivity index (χ3v) is 1.52. The molecule has 0 unspecified atom stereocenters. The van der Waals surface area contributed by atoms with Crippen molar-refractivity contribution in [3.05, 3.63) is 24.3 Å². The number of amides is 1. The second-order valence-electron chi connectivity index (χ2n) is 2.70. The predicted octanol–water partition coefficient (Wildman–Crippen LogP) is 2.03. The van der Waals surface area contributed by atoms with Crippen LogP contribution in [0.4, 0.5) is 0 Å². The molecule has 0 aliphatic carbocycles. The van der Waals surface area contributed by atoms with Gasteiger partial charge in [-0.1, -0.05) is 24.3 Å². The Morgan fingerprint density at radius 3 is 2.67 bits per heavy atom. The van der Waals surface area contributed by atoms with Crippen LogP contribution >= 0.6 is 0 Å². The van der Waals surface area contributed by atoms with Gasteiger partial charge in [0.1, 0.15) is 0 Å². The molecular weight excluding hydrogens is 150 g/mol. The van der Waals surface area contributed by atoms with E-state index in [4.69, 9.17) is 0 Å². The summed E-state index contributed by atoms with van der Waals surface area (Å²) < 4.78 is 0. The Labute approximate surface area is 74.4 Å². The summed E-state index contributed by atoms with van der Waals surface area (Å²) in [5.74, 6) is 0.120. The maximum absolute atomic E-state index is 11.0. The molecule has 0 aromatic rings. The number of allylic oxidation sites excluding steroid dienone is 3. The van der Waals surface area contributed by atoms with Gasteiger partial charge in [-0.25, -0.2) is 0 Å². The summed E-state index contributed by atoms with van der Waals surface area (Å²) >= 11 is 0. The predicted molar refractivity (Wildman–Crippen MR) is 51.9 cm³/mol. The highest BCUT2D eigenvalue weighted by Gasteiger charge is 1.98. The van der Waals surface area contributed by atoms with Gasteiger partial charge in [0.05, 0.1) is 0 Å². The van der Waals surface area contributed by atoms with Crippen molar-refractivity contribution in [1.29, 1.82) is 0 Å². The third kappa shape index (κ3) is 5.71. The molecule has 2 heteroatoms. The number of nitrogens with one attached hydrogen (secondary N) is 1. The van der Waals surface area contributed by atoms with Crippen molar-refractivity contribution in [1.82, 2.24) is 5.32 Å². The Hall–Kier alpha value is -1.05. The molecule has 0 aliphatic heterocycles. The van der Waals surface area contributed by atoms with Gasteiger partial charge in [-0.05, 0) is 20.3 Å². The fraction of sp³-hybridized carbons (Fsp3) is 0.500. The smallest absolute Gasteiger partial charge is 0.220 e. The molecule has 0 aromatic heterocycles. The Kier molecular flexibility index (Phi) is 6.07. The molecule has 1 amide bonds. The SMILES string of the molecule is C=C/C=C(\C)CCC(=O)NCC. The van der Waals surface area contributed by atoms with E-state index in [0.29, 0.717) is 13.0 Å². The Morgan fingerprint density at radius 1 is 1.50 bits per heavy atom. The largest absolute Gasteiger partial charge is 0.356 e. The molecule has 0 aromatic carbocycles. The van der Waals surface area contributed by atoms with E-state index < -0.39 is 0 Å². The van der Waals surface area contributed by atoms with Crippen molar-refractivity contribution in [2.24, 2.45) is 0 Å². The van der Waals surface area contributed by atoms with Crippen molar-refractivity contribution in [3.8, 4) is 0 Å². The summed E-state index contributed by atoms with van der Waals surface area (Å²) in [5, 5.41) is 2.75. The maximum Gasteiger partial charge on any atom is 0.220 e. The summed E-state index contributed by atoms with van der Waals surface area (Å²) in [5.41, 5.74) is 1.19. The van der Waals surface area contributed by atoms with E-state index in [-0.39, 0.29) is 5.91 Å². The summed E-state index contributed by atoms with van der Waals surface area (Å²) in [7, 11) is 0. The highest BCUT2D eigenvalue weighted by atomic mass is 16.1. The molecule has 0 heterocycles. The fourth-order valence-corrected chi connectivity index (χ4v) is 0.881. The lowest BCUT2D eigenvalue weighted by molar-refractivity contribution is -0.120. The number of rotatable bonds is 5. The van der Waals surface area contributed by atoms with Gasteiger partial charge in [0.25, 0.3) is 0 Å². The van der Waals surface area contributed by atoms with Crippen LogP contribution in [-0.4, -0.2) is 12.5 Å². The fourth-order valence-electron chi connectivity index (χ4n) is 0.881. The standard InChI is InChI=1S/C10H17NO/c1-4-6-9(3)7-8-10(12)11-5-2/h4,6H,1,5,7-8H2,2-3H3,(H,11,12)/b9-6+. The third-order valence-electron chi connectivity index (χ3n) is 1.52. The molecule has 0 saturated carbocycles. The molecule has 0 radical (unpaired) electrons. The molecule has 68 valence electrons. The van der Waals surface area contributed by atoms with E-state index in [1.54, 1.807) is 6.08 Å². The molecule has 12 heavy (non-hydrogen) atoms. The minimum atomic E-state index is 0.120. The number of hydrogen-bond donors (Lipinski definition) is 1. The van der Waals surface area contributed by atoms with Crippen LogP contribution in [0.2, 0.25) is 0 Å². The molecule has 0 atom stereocenters. The first-order chi connectivity index (χ1) is 5.70. The summed E-state index contributed by atoms with van der Waals surface area (Å²) in [4.78, 5) is 11.0. The first-order valence-electron chi connectivity index (χ1n) is 4.25. The van der Waals surface area contributed by atoms with Crippen LogP contribution in [0.1, 0.15) is 26.7 Å². The molecule has 0 saturated heterocycles. The van der Waals surface area contributed by atoms with Gasteiger partial charge in [-0.3, -0.25) is 4.79 Å². The van der Waals surface area contributed by atoms with Gasteiger partial charge in [0.15, 0.2) is 0 Å². The zero-order valence-corrected chi connectivity index (χ0v) is 7.89. The van der Waals surface area contributed by atoms with Crippen LogP contribution in [-0.2, 0) is 4.79 Å². The van der Waals surface area contributed by atoms with Crippen LogP contribution in [0.3, 0.4) is 0 Å². The van der Waals surface area contributed by atoms with Crippen molar-refractivity contribution in [3.63, 3.8) is 0 Å². The van der Waals surface area contributed by atoms with E-state index in [9.17, 15) is 4.79 Å². The first kappa shape index (κ1) is 11.0. The summed E-state index contributed by atoms with van der Waals surface area (Å²) in [6.45, 7) is 8.22. The minimum absolute atomic E-state index is 0.120. The van der Waals surface area contributed by atoms with Crippen LogP contribution in [0, 0.1) is 0 Å². The normalized spacial score (nSPS) is 11.0. The van der Waals surface area contributed by atoms with Crippen molar-refractivity contribution < 1.29 is 4.79 Å². The van der Waals surface area contributed by atoms with Gasteiger partial charge in [-0.15, -0.1) is 0 Å². The Morgan fingerprint density at radius 2 is 2.17 bits per heavy atom. The second kappa shape index (κ2) is 6.65. The van der Waals surface area contributed by atoms with Crippen molar-refractivity contribution >= 4 is 5.91 Å². The van der Waals surface area contributed by atoms with Crippen molar-refractivity contribution in [2.45, 2.75) is 26.7 Å². The number of hydrogen-bond acceptors (Lipinski definition) is 1. The van der Waals surface area contributed by atoms with Gasteiger partial charge < -0.3 is 5.32 Å². The van der Waals surface area contributed by atoms with E-state index in [0.717, 1.165) is 6.42 Å². The minimum Gasteiger partial charge on any atom is -0.356 e. The summed E-state index contributed by atoms with van der Waals surface area (Å²) in [6.07, 6.45) is 5.06. The monoisotopic (exact) mass is 167 g/mol. The lowest BCUT2D eigenvalue weighted by Gasteiger charge is -2.01. The van der Waals surface area contributed by atoms with Crippen LogP contribution in [0.15, 0.2) is 24.3 Å². The maximum atomic E-state index is 11.0. The topological polar surface area (TPSA) is 29.1 Å². The van der Waals surface area contributed by atoms with Gasteiger partial charge >= 0.3 is 0 Å². The van der Waals surface area contributed by atoms with Crippen LogP contribution in [0.25, 0.3) is 0 Å². The molecule has 0 bridgehead atoms. The first-order valence-corrected chi connectivity index (χ1v) is 4.25. The lowest BCUT2D eigenvalue weighted by Crippen LogP contribution is -2.22. The zero-order valence-electron chi connectivity index (χ0n) is 7.89. The Balaban J connectivity index is 3.60. The highest BCUT2D eigenvalue weighted by molar-refractivity contribution is 5.76. The molecular formula is C10H17NO. The number of carbonyl (C=O) groups excluding carboxylic acids is 1. The molecule has 0 rings (SSSR count). The Bertz CT molecular complexity index is 182. The van der Waals surface area contributed by atoms with E-state index in [1.165, 1.54) is 5.57 Å². The number of carbonyl (C=O) groups is 1. The van der Waals surface area contributed by atoms with E-state index in [2.05, 4.69) is 11.9 Å². The molecule has 2 nitrogen and oxygen atoms in total. The molecule has 0 spiro atoms. The quantitative estimate of drug-likeness (QED) is 0.624. The average molecular weight is 167 g/mol. The van der Waals surface area contributed by atoms with Gasteiger partial charge in [0, 0.05) is 13.0 Å². The summed E-state index contributed by atoms with van der Waals surface area (Å²) in [6, 6.07) is 0. The van der Waals surface area contributed by atoms with E-state index in [1.807, 2.05) is 19.9 Å². The highest BCUT2D eigenvalue weighted by Crippen LogP contribution is 2.03. The van der Waals surface area contributed by atoms with Gasteiger partial charge in [-0.2, -0.15) is 0 Å². The van der Waals surface area contributed by atoms with Crippen LogP contribution in [0.5, 0.6) is 0 Å². The molecule has 0 aliphatic rings. The van der Waals surface area contributed by atoms with Crippen LogP contribution < -0.4 is 5.32 Å². The lowest BCUT2D eigenvalue weighted by atomic mass is 10.1. The van der Waals surface area contributed by atoms with Gasteiger partial charge in [0.2, 0.25) is 5.91 Å². The molecule has 1 N–H and O–H groups in total.